The molecule has 1 aliphatic rings. The first kappa shape index (κ1) is 8.75. The second kappa shape index (κ2) is 3.92. The fourth-order valence-corrected chi connectivity index (χ4v) is 1.90. The molecule has 1 N–H and O–H groups in total. The van der Waals surface area contributed by atoms with Crippen LogP contribution in [0.3, 0.4) is 0 Å². The molecule has 2 rings (SSSR count). The van der Waals surface area contributed by atoms with Crippen LogP contribution in [0.4, 0.5) is 0 Å². The van der Waals surface area contributed by atoms with Crippen LogP contribution < -0.4 is 0 Å². The van der Waals surface area contributed by atoms with Gasteiger partial charge in [0.2, 0.25) is 0 Å². The van der Waals surface area contributed by atoms with Gasteiger partial charge < -0.3 is 0 Å². The maximum atomic E-state index is 4.24. The third-order valence-electron chi connectivity index (χ3n) is 2.59. The van der Waals surface area contributed by atoms with Crippen LogP contribution in [-0.2, 0) is 6.54 Å². The highest BCUT2D eigenvalue weighted by atomic mass is 15.2. The van der Waals surface area contributed by atoms with E-state index in [1.807, 2.05) is 6.92 Å². The van der Waals surface area contributed by atoms with Gasteiger partial charge in [0.25, 0.3) is 0 Å². The molecular formula is C10H17N3. The Hall–Kier alpha value is -0.830. The van der Waals surface area contributed by atoms with Crippen LogP contribution in [0, 0.1) is 6.92 Å². The largest absolute Gasteiger partial charge is 0.297 e. The van der Waals surface area contributed by atoms with Gasteiger partial charge >= 0.3 is 0 Å². The van der Waals surface area contributed by atoms with Crippen molar-refractivity contribution in [2.45, 2.75) is 32.7 Å². The van der Waals surface area contributed by atoms with E-state index in [0.29, 0.717) is 0 Å². The molecule has 0 amide bonds. The van der Waals surface area contributed by atoms with Gasteiger partial charge in [-0.25, -0.2) is 0 Å². The summed E-state index contributed by atoms with van der Waals surface area (Å²) in [5.41, 5.74) is 2.34. The Morgan fingerprint density at radius 1 is 1.38 bits per heavy atom. The average Bonchev–Trinajstić information content (AvgIpc) is 2.53. The highest BCUT2D eigenvalue weighted by Crippen LogP contribution is 2.11. The van der Waals surface area contributed by atoms with Crippen molar-refractivity contribution in [3.8, 4) is 0 Å². The van der Waals surface area contributed by atoms with Gasteiger partial charge in [-0.15, -0.1) is 0 Å². The Morgan fingerprint density at radius 2 is 2.15 bits per heavy atom. The molecule has 0 radical (unpaired) electrons. The van der Waals surface area contributed by atoms with Gasteiger partial charge in [0.05, 0.1) is 5.69 Å². The molecule has 3 heteroatoms. The molecule has 0 spiro atoms. The SMILES string of the molecule is Cc1cc(CN2CCCCC2)n[nH]1. The summed E-state index contributed by atoms with van der Waals surface area (Å²) in [5, 5.41) is 7.22. The fourth-order valence-electron chi connectivity index (χ4n) is 1.90. The molecule has 0 bridgehead atoms. The van der Waals surface area contributed by atoms with E-state index < -0.39 is 0 Å². The average molecular weight is 179 g/mol. The number of nitrogens with one attached hydrogen (secondary N) is 1. The van der Waals surface area contributed by atoms with E-state index in [1.165, 1.54) is 38.0 Å². The number of nitrogens with zero attached hydrogens (tertiary/aromatic N) is 2. The molecule has 0 aliphatic carbocycles. The van der Waals surface area contributed by atoms with Crippen molar-refractivity contribution >= 4 is 0 Å². The molecule has 72 valence electrons. The number of aromatic amines is 1. The van der Waals surface area contributed by atoms with E-state index in [0.717, 1.165) is 12.2 Å². The highest BCUT2D eigenvalue weighted by Gasteiger charge is 2.11. The minimum absolute atomic E-state index is 1.02. The number of rotatable bonds is 2. The van der Waals surface area contributed by atoms with E-state index in [4.69, 9.17) is 0 Å². The summed E-state index contributed by atoms with van der Waals surface area (Å²) < 4.78 is 0. The van der Waals surface area contributed by atoms with Crippen molar-refractivity contribution in [2.75, 3.05) is 13.1 Å². The smallest absolute Gasteiger partial charge is 0.0765 e. The fraction of sp³-hybridized carbons (Fsp3) is 0.700. The monoisotopic (exact) mass is 179 g/mol. The predicted octanol–water partition coefficient (Wildman–Crippen LogP) is 1.70. The van der Waals surface area contributed by atoms with Gasteiger partial charge in [-0.2, -0.15) is 5.10 Å². The normalized spacial score (nSPS) is 19.2. The number of aromatic nitrogens is 2. The Kier molecular flexibility index (Phi) is 2.64. The first-order chi connectivity index (χ1) is 6.34. The number of aryl methyl sites for hydroxylation is 1. The molecule has 0 unspecified atom stereocenters. The summed E-state index contributed by atoms with van der Waals surface area (Å²) >= 11 is 0. The van der Waals surface area contributed by atoms with Crippen molar-refractivity contribution in [3.05, 3.63) is 17.5 Å². The van der Waals surface area contributed by atoms with E-state index in [9.17, 15) is 0 Å². The van der Waals surface area contributed by atoms with Gasteiger partial charge in [0.15, 0.2) is 0 Å². The van der Waals surface area contributed by atoms with Crippen molar-refractivity contribution in [1.82, 2.24) is 15.1 Å². The van der Waals surface area contributed by atoms with E-state index in [1.54, 1.807) is 0 Å². The molecule has 0 saturated carbocycles. The molecule has 1 aromatic rings. The summed E-state index contributed by atoms with van der Waals surface area (Å²) in [6.45, 7) is 5.55. The molecular weight excluding hydrogens is 162 g/mol. The molecule has 1 aliphatic heterocycles. The van der Waals surface area contributed by atoms with Crippen LogP contribution in [0.15, 0.2) is 6.07 Å². The first-order valence-corrected chi connectivity index (χ1v) is 5.08. The quantitative estimate of drug-likeness (QED) is 0.749. The molecule has 0 atom stereocenters. The van der Waals surface area contributed by atoms with Crippen molar-refractivity contribution in [3.63, 3.8) is 0 Å². The molecule has 1 fully saturated rings. The zero-order valence-corrected chi connectivity index (χ0v) is 8.21. The van der Waals surface area contributed by atoms with Crippen LogP contribution in [0.2, 0.25) is 0 Å². The van der Waals surface area contributed by atoms with E-state index in [2.05, 4.69) is 21.2 Å². The number of hydrogen-bond donors (Lipinski definition) is 1. The number of H-pyrrole nitrogens is 1. The van der Waals surface area contributed by atoms with Crippen LogP contribution >= 0.6 is 0 Å². The number of piperidine rings is 1. The topological polar surface area (TPSA) is 31.9 Å². The van der Waals surface area contributed by atoms with E-state index in [-0.39, 0.29) is 0 Å². The van der Waals surface area contributed by atoms with Gasteiger partial charge in [0.1, 0.15) is 0 Å². The summed E-state index contributed by atoms with van der Waals surface area (Å²) in [6, 6.07) is 2.13. The minimum atomic E-state index is 1.02. The lowest BCUT2D eigenvalue weighted by atomic mass is 10.1. The van der Waals surface area contributed by atoms with Gasteiger partial charge in [-0.3, -0.25) is 10.00 Å². The van der Waals surface area contributed by atoms with Crippen LogP contribution in [-0.4, -0.2) is 28.2 Å². The van der Waals surface area contributed by atoms with Crippen LogP contribution in [0.1, 0.15) is 30.7 Å². The van der Waals surface area contributed by atoms with Crippen LogP contribution in [0.25, 0.3) is 0 Å². The van der Waals surface area contributed by atoms with Gasteiger partial charge in [-0.05, 0) is 38.9 Å². The van der Waals surface area contributed by atoms with Crippen molar-refractivity contribution in [1.29, 1.82) is 0 Å². The minimum Gasteiger partial charge on any atom is -0.297 e. The van der Waals surface area contributed by atoms with Crippen LogP contribution in [0.5, 0.6) is 0 Å². The summed E-state index contributed by atoms with van der Waals surface area (Å²) in [7, 11) is 0. The summed E-state index contributed by atoms with van der Waals surface area (Å²) in [6.07, 6.45) is 4.10. The zero-order chi connectivity index (χ0) is 9.10. The molecule has 1 saturated heterocycles. The van der Waals surface area contributed by atoms with Gasteiger partial charge in [-0.1, -0.05) is 6.42 Å². The first-order valence-electron chi connectivity index (χ1n) is 5.08. The second-order valence-corrected chi connectivity index (χ2v) is 3.88. The lowest BCUT2D eigenvalue weighted by molar-refractivity contribution is 0.218. The van der Waals surface area contributed by atoms with E-state index >= 15 is 0 Å². The maximum absolute atomic E-state index is 4.24. The number of hydrogen-bond acceptors (Lipinski definition) is 2. The third kappa shape index (κ3) is 2.31. The lowest BCUT2D eigenvalue weighted by Gasteiger charge is -2.25. The molecule has 1 aromatic heterocycles. The second-order valence-electron chi connectivity index (χ2n) is 3.88. The predicted molar refractivity (Wildman–Crippen MR) is 52.5 cm³/mol. The van der Waals surface area contributed by atoms with Gasteiger partial charge in [0, 0.05) is 12.2 Å². The lowest BCUT2D eigenvalue weighted by Crippen LogP contribution is -2.29. The standard InChI is InChI=1S/C10H17N3/c1-9-7-10(12-11-9)8-13-5-3-2-4-6-13/h7H,2-6,8H2,1H3,(H,11,12). The third-order valence-corrected chi connectivity index (χ3v) is 2.59. The Balaban J connectivity index is 1.89. The Labute approximate surface area is 79.1 Å². The Morgan fingerprint density at radius 3 is 2.77 bits per heavy atom. The number of likely N-dealkylation sites (tertiary alicyclic amines) is 1. The summed E-state index contributed by atoms with van der Waals surface area (Å²) in [5.74, 6) is 0. The molecule has 3 nitrogen and oxygen atoms in total. The zero-order valence-electron chi connectivity index (χ0n) is 8.21. The van der Waals surface area contributed by atoms with Crippen molar-refractivity contribution in [2.24, 2.45) is 0 Å². The van der Waals surface area contributed by atoms with Crippen molar-refractivity contribution < 1.29 is 0 Å². The summed E-state index contributed by atoms with van der Waals surface area (Å²) in [4.78, 5) is 2.49. The molecule has 2 heterocycles. The molecule has 13 heavy (non-hydrogen) atoms. The highest BCUT2D eigenvalue weighted by molar-refractivity contribution is 5.06. The maximum Gasteiger partial charge on any atom is 0.0765 e. The Bertz CT molecular complexity index is 261. The molecule has 0 aromatic carbocycles.